The molecule has 2 rings (SSSR count). The van der Waals surface area contributed by atoms with Crippen LogP contribution in [0.15, 0.2) is 52.5 Å². The largest absolute Gasteiger partial charge is 0.449 e. The number of nitrogens with zero attached hydrogens (tertiary/aromatic N) is 1. The monoisotopic (exact) mass is 392 g/mol. The van der Waals surface area contributed by atoms with Crippen LogP contribution in [0.3, 0.4) is 0 Å². The second kappa shape index (κ2) is 9.59. The molecule has 26 heavy (non-hydrogen) atoms. The summed E-state index contributed by atoms with van der Waals surface area (Å²) < 4.78 is 5.30. The minimum Gasteiger partial charge on any atom is -0.449 e. The first-order chi connectivity index (χ1) is 12.4. The Labute approximate surface area is 162 Å². The summed E-state index contributed by atoms with van der Waals surface area (Å²) in [5.41, 5.74) is 0.316. The van der Waals surface area contributed by atoms with E-state index in [0.29, 0.717) is 28.1 Å². The molecule has 0 bridgehead atoms. The maximum atomic E-state index is 12.5. The van der Waals surface area contributed by atoms with Crippen molar-refractivity contribution < 1.29 is 14.3 Å². The summed E-state index contributed by atoms with van der Waals surface area (Å²) in [6.07, 6.45) is 0.725. The SMILES string of the molecule is CC(C)CNC(=O)[C@@H](C)OC(=O)c1cccnc1Sc1ccc(Cl)cc1. The number of aromatic nitrogens is 1. The molecule has 138 valence electrons. The number of halogens is 1. The Morgan fingerprint density at radius 1 is 1.19 bits per heavy atom. The highest BCUT2D eigenvalue weighted by molar-refractivity contribution is 7.99. The topological polar surface area (TPSA) is 68.3 Å². The molecule has 2 aromatic rings. The molecule has 1 atom stereocenters. The van der Waals surface area contributed by atoms with Crippen LogP contribution in [0, 0.1) is 5.92 Å². The molecule has 0 aliphatic rings. The summed E-state index contributed by atoms with van der Waals surface area (Å²) in [4.78, 5) is 29.6. The van der Waals surface area contributed by atoms with E-state index in [1.807, 2.05) is 26.0 Å². The summed E-state index contributed by atoms with van der Waals surface area (Å²) in [5.74, 6) is -0.577. The van der Waals surface area contributed by atoms with E-state index in [9.17, 15) is 9.59 Å². The minimum absolute atomic E-state index is 0.316. The van der Waals surface area contributed by atoms with Crippen LogP contribution in [0.5, 0.6) is 0 Å². The molecule has 0 saturated carbocycles. The molecule has 5 nitrogen and oxygen atoms in total. The first-order valence-corrected chi connectivity index (χ1v) is 9.43. The quantitative estimate of drug-likeness (QED) is 0.715. The van der Waals surface area contributed by atoms with E-state index in [-0.39, 0.29) is 5.91 Å². The van der Waals surface area contributed by atoms with Crippen LogP contribution in [0.4, 0.5) is 0 Å². The van der Waals surface area contributed by atoms with Crippen LogP contribution >= 0.6 is 23.4 Å². The average Bonchev–Trinajstić information content (AvgIpc) is 2.61. The van der Waals surface area contributed by atoms with Gasteiger partial charge in [0.2, 0.25) is 0 Å². The van der Waals surface area contributed by atoms with Crippen molar-refractivity contribution in [3.05, 3.63) is 53.2 Å². The second-order valence-electron chi connectivity index (χ2n) is 6.10. The molecule has 0 fully saturated rings. The Morgan fingerprint density at radius 2 is 1.88 bits per heavy atom. The fourth-order valence-electron chi connectivity index (χ4n) is 1.97. The van der Waals surface area contributed by atoms with Crippen molar-refractivity contribution >= 4 is 35.2 Å². The molecule has 0 aliphatic carbocycles. The zero-order valence-corrected chi connectivity index (χ0v) is 16.4. The Morgan fingerprint density at radius 3 is 2.54 bits per heavy atom. The number of ether oxygens (including phenoxy) is 1. The lowest BCUT2D eigenvalue weighted by atomic mass is 10.2. The van der Waals surface area contributed by atoms with Crippen LogP contribution in [0.1, 0.15) is 31.1 Å². The Kier molecular flexibility index (Phi) is 7.48. The fraction of sp³-hybridized carbons (Fsp3) is 0.316. The maximum Gasteiger partial charge on any atom is 0.341 e. The number of amides is 1. The van der Waals surface area contributed by atoms with E-state index in [4.69, 9.17) is 16.3 Å². The highest BCUT2D eigenvalue weighted by atomic mass is 35.5. The number of nitrogens with one attached hydrogen (secondary N) is 1. The van der Waals surface area contributed by atoms with E-state index in [0.717, 1.165) is 4.90 Å². The lowest BCUT2D eigenvalue weighted by molar-refractivity contribution is -0.129. The van der Waals surface area contributed by atoms with Crippen molar-refractivity contribution in [3.8, 4) is 0 Å². The van der Waals surface area contributed by atoms with E-state index in [2.05, 4.69) is 10.3 Å². The van der Waals surface area contributed by atoms with E-state index in [1.54, 1.807) is 37.4 Å². The maximum absolute atomic E-state index is 12.5. The average molecular weight is 393 g/mol. The summed E-state index contributed by atoms with van der Waals surface area (Å²) in [6, 6.07) is 10.5. The predicted molar refractivity (Wildman–Crippen MR) is 103 cm³/mol. The summed E-state index contributed by atoms with van der Waals surface area (Å²) in [5, 5.41) is 3.89. The number of hydrogen-bond donors (Lipinski definition) is 1. The van der Waals surface area contributed by atoms with Gasteiger partial charge in [0.25, 0.3) is 5.91 Å². The first kappa shape index (κ1) is 20.3. The molecule has 0 unspecified atom stereocenters. The normalized spacial score (nSPS) is 11.9. The van der Waals surface area contributed by atoms with Gasteiger partial charge in [0.15, 0.2) is 6.10 Å². The van der Waals surface area contributed by atoms with Gasteiger partial charge < -0.3 is 10.1 Å². The number of rotatable bonds is 7. The smallest absolute Gasteiger partial charge is 0.341 e. The van der Waals surface area contributed by atoms with Crippen LogP contribution < -0.4 is 5.32 Å². The molecule has 0 aliphatic heterocycles. The van der Waals surface area contributed by atoms with Gasteiger partial charge in [-0.25, -0.2) is 9.78 Å². The van der Waals surface area contributed by atoms with Crippen molar-refractivity contribution in [2.24, 2.45) is 5.92 Å². The van der Waals surface area contributed by atoms with Gasteiger partial charge in [-0.3, -0.25) is 4.79 Å². The number of benzene rings is 1. The van der Waals surface area contributed by atoms with Crippen LogP contribution in [-0.4, -0.2) is 29.5 Å². The van der Waals surface area contributed by atoms with Gasteiger partial charge in [0, 0.05) is 22.7 Å². The van der Waals surface area contributed by atoms with Crippen molar-refractivity contribution in [2.75, 3.05) is 6.54 Å². The third kappa shape index (κ3) is 6.04. The number of carbonyl (C=O) groups excluding carboxylic acids is 2. The highest BCUT2D eigenvalue weighted by Crippen LogP contribution is 2.30. The van der Waals surface area contributed by atoms with Crippen LogP contribution in [-0.2, 0) is 9.53 Å². The van der Waals surface area contributed by atoms with Gasteiger partial charge in [-0.05, 0) is 49.2 Å². The Hall–Kier alpha value is -2.05. The highest BCUT2D eigenvalue weighted by Gasteiger charge is 2.21. The summed E-state index contributed by atoms with van der Waals surface area (Å²) in [6.45, 7) is 6.07. The number of hydrogen-bond acceptors (Lipinski definition) is 5. The molecule has 0 radical (unpaired) electrons. The zero-order chi connectivity index (χ0) is 19.1. The minimum atomic E-state index is -0.880. The van der Waals surface area contributed by atoms with Crippen LogP contribution in [0.25, 0.3) is 0 Å². The molecule has 1 aromatic carbocycles. The fourth-order valence-corrected chi connectivity index (χ4v) is 2.96. The molecular weight excluding hydrogens is 372 g/mol. The Balaban J connectivity index is 2.07. The summed E-state index contributed by atoms with van der Waals surface area (Å²) in [7, 11) is 0. The second-order valence-corrected chi connectivity index (χ2v) is 7.60. The van der Waals surface area contributed by atoms with Gasteiger partial charge >= 0.3 is 5.97 Å². The third-order valence-electron chi connectivity index (χ3n) is 3.36. The zero-order valence-electron chi connectivity index (χ0n) is 14.9. The van der Waals surface area contributed by atoms with Crippen molar-refractivity contribution in [1.29, 1.82) is 0 Å². The van der Waals surface area contributed by atoms with E-state index >= 15 is 0 Å². The molecule has 1 N–H and O–H groups in total. The van der Waals surface area contributed by atoms with E-state index < -0.39 is 12.1 Å². The van der Waals surface area contributed by atoms with E-state index in [1.165, 1.54) is 11.8 Å². The molecular formula is C19H21ClN2O3S. The molecule has 1 heterocycles. The van der Waals surface area contributed by atoms with Gasteiger partial charge in [-0.2, -0.15) is 0 Å². The van der Waals surface area contributed by atoms with Gasteiger partial charge in [0.1, 0.15) is 5.03 Å². The molecule has 0 saturated heterocycles. The molecule has 0 spiro atoms. The van der Waals surface area contributed by atoms with Crippen molar-refractivity contribution in [3.63, 3.8) is 0 Å². The standard InChI is InChI=1S/C19H21ClN2O3S/c1-12(2)11-22-17(23)13(3)25-19(24)16-5-4-10-21-18(16)26-15-8-6-14(20)7-9-15/h4-10,12-13H,11H2,1-3H3,(H,22,23)/t13-/m1/s1. The molecule has 7 heteroatoms. The molecule has 1 aromatic heterocycles. The van der Waals surface area contributed by atoms with Gasteiger partial charge in [-0.15, -0.1) is 0 Å². The lowest BCUT2D eigenvalue weighted by Crippen LogP contribution is -2.37. The first-order valence-electron chi connectivity index (χ1n) is 8.24. The van der Waals surface area contributed by atoms with Crippen LogP contribution in [0.2, 0.25) is 5.02 Å². The summed E-state index contributed by atoms with van der Waals surface area (Å²) >= 11 is 7.22. The Bertz CT molecular complexity index is 766. The predicted octanol–water partition coefficient (Wildman–Crippen LogP) is 4.20. The number of carbonyl (C=O) groups is 2. The van der Waals surface area contributed by atoms with Crippen molar-refractivity contribution in [2.45, 2.75) is 36.8 Å². The number of esters is 1. The number of pyridine rings is 1. The van der Waals surface area contributed by atoms with Gasteiger partial charge in [0.05, 0.1) is 5.56 Å². The van der Waals surface area contributed by atoms with Crippen molar-refractivity contribution in [1.82, 2.24) is 10.3 Å². The third-order valence-corrected chi connectivity index (χ3v) is 4.64. The lowest BCUT2D eigenvalue weighted by Gasteiger charge is -2.15. The molecule has 1 amide bonds. The van der Waals surface area contributed by atoms with Gasteiger partial charge in [-0.1, -0.05) is 37.2 Å².